The Morgan fingerprint density at radius 1 is 1.08 bits per heavy atom. The van der Waals surface area contributed by atoms with Gasteiger partial charge in [-0.2, -0.15) is 0 Å². The van der Waals surface area contributed by atoms with Gasteiger partial charge in [0.25, 0.3) is 0 Å². The summed E-state index contributed by atoms with van der Waals surface area (Å²) in [6.07, 6.45) is 16.1. The van der Waals surface area contributed by atoms with Crippen LogP contribution in [0.1, 0.15) is 91.4 Å². The average Bonchev–Trinajstić information content (AvgIpc) is 2.94. The largest absolute Gasteiger partial charge is 0.378 e. The number of fused-ring (bicyclic) bond motifs is 5. The predicted octanol–water partition coefficient (Wildman–Crippen LogP) is 6.09. The molecule has 146 valence electrons. The van der Waals surface area contributed by atoms with Crippen LogP contribution >= 0.6 is 0 Å². The van der Waals surface area contributed by atoms with Crippen LogP contribution in [0.3, 0.4) is 0 Å². The molecule has 0 aromatic carbocycles. The molecule has 0 aliphatic heterocycles. The number of ether oxygens (including phenoxy) is 1. The molecule has 0 saturated heterocycles. The van der Waals surface area contributed by atoms with Gasteiger partial charge >= 0.3 is 0 Å². The first kappa shape index (κ1) is 18.7. The minimum Gasteiger partial charge on any atom is -0.378 e. The van der Waals surface area contributed by atoms with E-state index in [1.165, 1.54) is 44.9 Å². The van der Waals surface area contributed by atoms with Crippen LogP contribution in [0.5, 0.6) is 0 Å². The zero-order chi connectivity index (χ0) is 18.4. The Balaban J connectivity index is 1.46. The number of Topliss-reactive ketones (excluding diaryl/α,β-unsaturated/α-hetero) is 1. The number of carbonyl (C=O) groups is 1. The van der Waals surface area contributed by atoms with Crippen LogP contribution < -0.4 is 0 Å². The van der Waals surface area contributed by atoms with Crippen molar-refractivity contribution in [2.24, 2.45) is 28.6 Å². The maximum atomic E-state index is 12.5. The number of hydrogen-bond acceptors (Lipinski definition) is 2. The molecule has 2 heteroatoms. The molecular weight excluding hydrogens is 320 g/mol. The summed E-state index contributed by atoms with van der Waals surface area (Å²) in [5.74, 6) is 2.75. The first-order valence-corrected chi connectivity index (χ1v) is 11.3. The number of rotatable bonds is 5. The number of carbonyl (C=O) groups excluding carboxylic acids is 1. The third-order valence-corrected chi connectivity index (χ3v) is 8.87. The highest BCUT2D eigenvalue weighted by Crippen LogP contribution is 2.64. The van der Waals surface area contributed by atoms with Gasteiger partial charge in [-0.3, -0.25) is 4.79 Å². The van der Waals surface area contributed by atoms with Gasteiger partial charge < -0.3 is 4.74 Å². The van der Waals surface area contributed by atoms with Crippen LogP contribution in [0, 0.1) is 28.6 Å². The molecule has 2 nitrogen and oxygen atoms in total. The summed E-state index contributed by atoms with van der Waals surface area (Å²) >= 11 is 0. The van der Waals surface area contributed by atoms with Crippen molar-refractivity contribution in [1.29, 1.82) is 0 Å². The highest BCUT2D eigenvalue weighted by Gasteiger charge is 2.58. The van der Waals surface area contributed by atoms with Gasteiger partial charge in [-0.25, -0.2) is 0 Å². The van der Waals surface area contributed by atoms with E-state index in [9.17, 15) is 4.79 Å². The van der Waals surface area contributed by atoms with Crippen LogP contribution in [0.25, 0.3) is 0 Å². The number of unbranched alkanes of at least 4 members (excludes halogenated alkanes) is 2. The second-order valence-corrected chi connectivity index (χ2v) is 10.1. The smallest absolute Gasteiger partial charge is 0.139 e. The summed E-state index contributed by atoms with van der Waals surface area (Å²) in [5, 5.41) is 0. The molecule has 0 radical (unpaired) electrons. The fraction of sp³-hybridized carbons (Fsp3) is 0.875. The standard InChI is InChI=1S/C24H38O2/c1-4-5-6-15-26-18-11-13-23(2)17(16-18)7-8-19-20-9-10-22(25)24(20,3)14-12-21(19)23/h7,18-21H,4-6,8-16H2,1-3H3/t18-,19-,20-,21-,23-,24-/m0/s1. The Bertz CT molecular complexity index is 579. The quantitative estimate of drug-likeness (QED) is 0.439. The lowest BCUT2D eigenvalue weighted by molar-refractivity contribution is -0.132. The third kappa shape index (κ3) is 2.91. The molecule has 0 aromatic heterocycles. The molecule has 4 aliphatic carbocycles. The first-order chi connectivity index (χ1) is 12.5. The Labute approximate surface area is 160 Å². The van der Waals surface area contributed by atoms with Crippen LogP contribution in [0.4, 0.5) is 0 Å². The van der Waals surface area contributed by atoms with E-state index in [0.717, 1.165) is 44.1 Å². The van der Waals surface area contributed by atoms with Crippen LogP contribution in [0.15, 0.2) is 11.6 Å². The lowest BCUT2D eigenvalue weighted by Crippen LogP contribution is -2.50. The Hall–Kier alpha value is -0.630. The number of ketones is 1. The van der Waals surface area contributed by atoms with Crippen molar-refractivity contribution in [2.45, 2.75) is 97.5 Å². The Morgan fingerprint density at radius 3 is 2.65 bits per heavy atom. The van der Waals surface area contributed by atoms with Gasteiger partial charge in [0.1, 0.15) is 5.78 Å². The van der Waals surface area contributed by atoms with Gasteiger partial charge in [-0.1, -0.05) is 45.3 Å². The molecule has 0 bridgehead atoms. The van der Waals surface area contributed by atoms with E-state index in [-0.39, 0.29) is 5.41 Å². The highest BCUT2D eigenvalue weighted by molar-refractivity contribution is 5.87. The van der Waals surface area contributed by atoms with Gasteiger partial charge in [0.2, 0.25) is 0 Å². The second-order valence-electron chi connectivity index (χ2n) is 10.1. The van der Waals surface area contributed by atoms with E-state index in [0.29, 0.717) is 23.2 Å². The van der Waals surface area contributed by atoms with Crippen molar-refractivity contribution in [3.8, 4) is 0 Å². The maximum Gasteiger partial charge on any atom is 0.139 e. The SMILES string of the molecule is CCCCCO[C@H]1CC[C@@]2(C)C(=CC[C@@H]3[C@@H]2CC[C@]2(C)C(=O)CC[C@@H]32)C1. The topological polar surface area (TPSA) is 26.3 Å². The third-order valence-electron chi connectivity index (χ3n) is 8.87. The van der Waals surface area contributed by atoms with E-state index < -0.39 is 0 Å². The van der Waals surface area contributed by atoms with Crippen molar-refractivity contribution in [2.75, 3.05) is 6.61 Å². The molecule has 26 heavy (non-hydrogen) atoms. The fourth-order valence-corrected chi connectivity index (χ4v) is 7.14. The lowest BCUT2D eigenvalue weighted by atomic mass is 9.48. The van der Waals surface area contributed by atoms with Crippen LogP contribution in [-0.4, -0.2) is 18.5 Å². The van der Waals surface area contributed by atoms with E-state index in [4.69, 9.17) is 4.74 Å². The molecule has 0 aromatic rings. The van der Waals surface area contributed by atoms with E-state index in [2.05, 4.69) is 26.8 Å². The molecule has 4 rings (SSSR count). The van der Waals surface area contributed by atoms with Gasteiger partial charge in [0, 0.05) is 18.4 Å². The Morgan fingerprint density at radius 2 is 1.85 bits per heavy atom. The summed E-state index contributed by atoms with van der Waals surface area (Å²) in [5.41, 5.74) is 2.07. The van der Waals surface area contributed by atoms with Gasteiger partial charge in [-0.05, 0) is 74.5 Å². The normalized spacial score (nSPS) is 44.9. The van der Waals surface area contributed by atoms with Crippen LogP contribution in [-0.2, 0) is 9.53 Å². The molecular formula is C24H38O2. The summed E-state index contributed by atoms with van der Waals surface area (Å²) in [7, 11) is 0. The monoisotopic (exact) mass is 358 g/mol. The maximum absolute atomic E-state index is 12.5. The van der Waals surface area contributed by atoms with Gasteiger partial charge in [0.15, 0.2) is 0 Å². The second kappa shape index (κ2) is 7.08. The molecule has 4 aliphatic rings. The zero-order valence-corrected chi connectivity index (χ0v) is 17.2. The first-order valence-electron chi connectivity index (χ1n) is 11.3. The summed E-state index contributed by atoms with van der Waals surface area (Å²) in [4.78, 5) is 12.5. The van der Waals surface area contributed by atoms with E-state index in [1.807, 2.05) is 0 Å². The van der Waals surface area contributed by atoms with Crippen molar-refractivity contribution < 1.29 is 9.53 Å². The molecule has 0 N–H and O–H groups in total. The molecule has 3 fully saturated rings. The summed E-state index contributed by atoms with van der Waals surface area (Å²) in [6.45, 7) is 8.02. The lowest BCUT2D eigenvalue weighted by Gasteiger charge is -2.57. The predicted molar refractivity (Wildman–Crippen MR) is 106 cm³/mol. The fourth-order valence-electron chi connectivity index (χ4n) is 7.14. The highest BCUT2D eigenvalue weighted by atomic mass is 16.5. The summed E-state index contributed by atoms with van der Waals surface area (Å²) < 4.78 is 6.23. The molecule has 3 saturated carbocycles. The molecule has 6 atom stereocenters. The molecule has 0 heterocycles. The van der Waals surface area contributed by atoms with Gasteiger partial charge in [-0.15, -0.1) is 0 Å². The average molecular weight is 359 g/mol. The van der Waals surface area contributed by atoms with E-state index in [1.54, 1.807) is 5.57 Å². The summed E-state index contributed by atoms with van der Waals surface area (Å²) in [6, 6.07) is 0. The van der Waals surface area contributed by atoms with Crippen LogP contribution in [0.2, 0.25) is 0 Å². The Kier molecular flexibility index (Phi) is 5.09. The van der Waals surface area contributed by atoms with Gasteiger partial charge in [0.05, 0.1) is 6.10 Å². The van der Waals surface area contributed by atoms with Crippen molar-refractivity contribution in [3.05, 3.63) is 11.6 Å². The minimum absolute atomic E-state index is 0.00244. The molecule has 0 unspecified atom stereocenters. The molecule has 0 spiro atoms. The number of hydrogen-bond donors (Lipinski definition) is 0. The minimum atomic E-state index is 0.00244. The number of allylic oxidation sites excluding steroid dienone is 1. The van der Waals surface area contributed by atoms with Crippen molar-refractivity contribution in [3.63, 3.8) is 0 Å². The molecule has 0 amide bonds. The zero-order valence-electron chi connectivity index (χ0n) is 17.2. The van der Waals surface area contributed by atoms with Crippen molar-refractivity contribution >= 4 is 5.78 Å². The van der Waals surface area contributed by atoms with E-state index >= 15 is 0 Å². The van der Waals surface area contributed by atoms with Crippen molar-refractivity contribution in [1.82, 2.24) is 0 Å².